The normalized spacial score (nSPS) is 16.1. The van der Waals surface area contributed by atoms with E-state index in [2.05, 4.69) is 60.2 Å². The number of anilines is 1. The second kappa shape index (κ2) is 15.8. The van der Waals surface area contributed by atoms with Gasteiger partial charge in [0.15, 0.2) is 0 Å². The van der Waals surface area contributed by atoms with Gasteiger partial charge in [-0.05, 0) is 68.2 Å². The fourth-order valence-corrected chi connectivity index (χ4v) is 5.68. The molecule has 216 valence electrons. The van der Waals surface area contributed by atoms with Crippen molar-refractivity contribution in [1.29, 1.82) is 0 Å². The standard InChI is InChI=1S/C30H45N5O2.C2H6/c1-23-19-29(36-3)28(27-14-16-33(2)30(23)27)21-34-17-12-26(13-18-34)37-22-25(31)20-35(32)15-8-7-11-24-9-5-4-6-10-24;1-2/h4-6,9-10,19-20,26H,7-8,11-18,21-22,31-32H2,1-3H3;1-2H3/b25-20-;. The summed E-state index contributed by atoms with van der Waals surface area (Å²) in [5, 5.41) is 1.69. The minimum Gasteiger partial charge on any atom is -0.496 e. The van der Waals surface area contributed by atoms with Gasteiger partial charge in [0.05, 0.1) is 25.5 Å². The molecule has 0 bridgehead atoms. The quantitative estimate of drug-likeness (QED) is 0.224. The second-order valence-corrected chi connectivity index (χ2v) is 10.5. The van der Waals surface area contributed by atoms with E-state index < -0.39 is 0 Å². The number of aryl methyl sites for hydroxylation is 2. The predicted molar refractivity (Wildman–Crippen MR) is 163 cm³/mol. The Morgan fingerprint density at radius 2 is 1.82 bits per heavy atom. The molecule has 0 spiro atoms. The first kappa shape index (κ1) is 30.8. The SMILES string of the molecule is CC.COc1cc(C)c2c(c1CN1CCC(OC/C(N)=C/N(N)CCCCc3ccccc3)CC1)CCN2C. The van der Waals surface area contributed by atoms with Gasteiger partial charge in [0.2, 0.25) is 0 Å². The van der Waals surface area contributed by atoms with E-state index in [1.807, 2.05) is 20.0 Å². The summed E-state index contributed by atoms with van der Waals surface area (Å²) in [6, 6.07) is 12.8. The molecule has 2 aromatic carbocycles. The van der Waals surface area contributed by atoms with Crippen molar-refractivity contribution >= 4 is 5.69 Å². The highest BCUT2D eigenvalue weighted by Gasteiger charge is 2.27. The van der Waals surface area contributed by atoms with Crippen LogP contribution in [0.1, 0.15) is 61.8 Å². The van der Waals surface area contributed by atoms with E-state index in [1.54, 1.807) is 12.1 Å². The highest BCUT2D eigenvalue weighted by molar-refractivity contribution is 5.68. The molecule has 7 heteroatoms. The monoisotopic (exact) mass is 537 g/mol. The van der Waals surface area contributed by atoms with Crippen molar-refractivity contribution < 1.29 is 9.47 Å². The molecule has 0 amide bonds. The molecule has 2 aromatic rings. The number of hydrogen-bond acceptors (Lipinski definition) is 7. The lowest BCUT2D eigenvalue weighted by Crippen LogP contribution is -2.37. The van der Waals surface area contributed by atoms with Crippen molar-refractivity contribution in [2.45, 2.75) is 71.9 Å². The minimum atomic E-state index is 0.233. The molecule has 0 aromatic heterocycles. The van der Waals surface area contributed by atoms with Crippen LogP contribution >= 0.6 is 0 Å². The van der Waals surface area contributed by atoms with Crippen LogP contribution in [0.2, 0.25) is 0 Å². The Hall–Kier alpha value is -2.74. The Bertz CT molecular complexity index is 1030. The second-order valence-electron chi connectivity index (χ2n) is 10.5. The fourth-order valence-electron chi connectivity index (χ4n) is 5.68. The molecule has 2 aliphatic rings. The van der Waals surface area contributed by atoms with Crippen LogP contribution in [0.4, 0.5) is 5.69 Å². The summed E-state index contributed by atoms with van der Waals surface area (Å²) in [4.78, 5) is 4.90. The molecule has 1 fully saturated rings. The molecule has 2 aliphatic heterocycles. The van der Waals surface area contributed by atoms with Crippen LogP contribution in [0.5, 0.6) is 5.75 Å². The Morgan fingerprint density at radius 3 is 2.51 bits per heavy atom. The minimum absolute atomic E-state index is 0.233. The third-order valence-electron chi connectivity index (χ3n) is 7.68. The molecular formula is C32H51N5O2. The number of rotatable bonds is 12. The van der Waals surface area contributed by atoms with E-state index in [9.17, 15) is 0 Å². The number of likely N-dealkylation sites (N-methyl/N-ethyl adjacent to an activating group) is 1. The van der Waals surface area contributed by atoms with Crippen LogP contribution in [0.3, 0.4) is 0 Å². The van der Waals surface area contributed by atoms with Crippen molar-refractivity contribution in [2.75, 3.05) is 51.8 Å². The Kier molecular flexibility index (Phi) is 12.4. The number of benzene rings is 2. The zero-order valence-electron chi connectivity index (χ0n) is 24.9. The number of methoxy groups -OCH3 is 1. The first-order valence-corrected chi connectivity index (χ1v) is 14.7. The van der Waals surface area contributed by atoms with Crippen LogP contribution in [0.25, 0.3) is 0 Å². The fraction of sp³-hybridized carbons (Fsp3) is 0.562. The van der Waals surface area contributed by atoms with Crippen LogP contribution in [0.15, 0.2) is 48.3 Å². The van der Waals surface area contributed by atoms with Crippen LogP contribution in [-0.4, -0.2) is 63.0 Å². The van der Waals surface area contributed by atoms with Gasteiger partial charge in [0.1, 0.15) is 5.75 Å². The molecule has 7 nitrogen and oxygen atoms in total. The number of fused-ring (bicyclic) bond motifs is 1. The molecule has 4 rings (SSSR count). The molecular weight excluding hydrogens is 486 g/mol. The third-order valence-corrected chi connectivity index (χ3v) is 7.68. The van der Waals surface area contributed by atoms with Crippen LogP contribution in [-0.2, 0) is 24.1 Å². The number of nitrogens with zero attached hydrogens (tertiary/aromatic N) is 3. The van der Waals surface area contributed by atoms with Crippen molar-refractivity contribution in [3.8, 4) is 5.75 Å². The van der Waals surface area contributed by atoms with Gasteiger partial charge < -0.3 is 25.1 Å². The summed E-state index contributed by atoms with van der Waals surface area (Å²) < 4.78 is 11.9. The smallest absolute Gasteiger partial charge is 0.124 e. The summed E-state index contributed by atoms with van der Waals surface area (Å²) in [6.07, 6.45) is 8.37. The molecule has 0 radical (unpaired) electrons. The summed E-state index contributed by atoms with van der Waals surface area (Å²) in [5.74, 6) is 7.16. The average Bonchev–Trinajstić information content (AvgIpc) is 3.35. The zero-order chi connectivity index (χ0) is 28.2. The molecule has 0 aliphatic carbocycles. The summed E-state index contributed by atoms with van der Waals surface area (Å²) in [5.41, 5.74) is 13.8. The Labute approximate surface area is 236 Å². The van der Waals surface area contributed by atoms with E-state index >= 15 is 0 Å². The van der Waals surface area contributed by atoms with Crippen molar-refractivity contribution in [3.63, 3.8) is 0 Å². The number of likely N-dealkylation sites (tertiary alicyclic amines) is 1. The average molecular weight is 538 g/mol. The van der Waals surface area contributed by atoms with Gasteiger partial charge in [-0.25, -0.2) is 5.84 Å². The number of ether oxygens (including phenoxy) is 2. The van der Waals surface area contributed by atoms with Gasteiger partial charge in [-0.1, -0.05) is 44.2 Å². The Balaban J connectivity index is 0.00000205. The van der Waals surface area contributed by atoms with Gasteiger partial charge in [0, 0.05) is 57.2 Å². The molecule has 39 heavy (non-hydrogen) atoms. The Morgan fingerprint density at radius 1 is 1.10 bits per heavy atom. The third kappa shape index (κ3) is 8.88. The zero-order valence-corrected chi connectivity index (χ0v) is 24.9. The van der Waals surface area contributed by atoms with Gasteiger partial charge >= 0.3 is 0 Å². The summed E-state index contributed by atoms with van der Waals surface area (Å²) in [6.45, 7) is 11.4. The largest absolute Gasteiger partial charge is 0.496 e. The number of hydrazine groups is 1. The maximum absolute atomic E-state index is 6.21. The number of hydrogen-bond donors (Lipinski definition) is 2. The van der Waals surface area contributed by atoms with E-state index in [-0.39, 0.29) is 6.10 Å². The molecule has 0 atom stereocenters. The maximum atomic E-state index is 6.21. The predicted octanol–water partition coefficient (Wildman–Crippen LogP) is 5.00. The van der Waals surface area contributed by atoms with Crippen molar-refractivity contribution in [2.24, 2.45) is 11.6 Å². The first-order valence-electron chi connectivity index (χ1n) is 14.7. The summed E-state index contributed by atoms with van der Waals surface area (Å²) >= 11 is 0. The van der Waals surface area contributed by atoms with E-state index in [4.69, 9.17) is 21.1 Å². The van der Waals surface area contributed by atoms with Gasteiger partial charge in [-0.3, -0.25) is 4.90 Å². The summed E-state index contributed by atoms with van der Waals surface area (Å²) in [7, 11) is 3.97. The number of piperidine rings is 1. The highest BCUT2D eigenvalue weighted by Crippen LogP contribution is 2.39. The van der Waals surface area contributed by atoms with E-state index in [1.165, 1.54) is 27.9 Å². The van der Waals surface area contributed by atoms with E-state index in [0.717, 1.165) is 77.0 Å². The number of nitrogens with two attached hydrogens (primary N) is 2. The van der Waals surface area contributed by atoms with Gasteiger partial charge in [-0.2, -0.15) is 0 Å². The number of unbranched alkanes of at least 4 members (excludes halogenated alkanes) is 1. The van der Waals surface area contributed by atoms with Gasteiger partial charge in [0.25, 0.3) is 0 Å². The highest BCUT2D eigenvalue weighted by atomic mass is 16.5. The molecule has 1 saturated heterocycles. The molecule has 0 unspecified atom stereocenters. The lowest BCUT2D eigenvalue weighted by molar-refractivity contribution is 0.0162. The first-order chi connectivity index (χ1) is 18.9. The molecule has 0 saturated carbocycles. The molecule has 4 N–H and O–H groups in total. The van der Waals surface area contributed by atoms with Gasteiger partial charge in [-0.15, -0.1) is 0 Å². The van der Waals surface area contributed by atoms with Crippen molar-refractivity contribution in [3.05, 3.63) is 70.5 Å². The lowest BCUT2D eigenvalue weighted by atomic mass is 9.98. The van der Waals surface area contributed by atoms with Crippen LogP contribution < -0.4 is 21.2 Å². The lowest BCUT2D eigenvalue weighted by Gasteiger charge is -2.33. The van der Waals surface area contributed by atoms with E-state index in [0.29, 0.717) is 12.3 Å². The van der Waals surface area contributed by atoms with Crippen molar-refractivity contribution in [1.82, 2.24) is 9.91 Å². The maximum Gasteiger partial charge on any atom is 0.124 e. The van der Waals surface area contributed by atoms with Crippen LogP contribution in [0, 0.1) is 6.92 Å². The molecule has 2 heterocycles. The topological polar surface area (TPSA) is 80.2 Å².